The molecule has 2 aliphatic rings. The van der Waals surface area contributed by atoms with Gasteiger partial charge in [-0.25, -0.2) is 0 Å². The van der Waals surface area contributed by atoms with Gasteiger partial charge in [0.15, 0.2) is 0 Å². The predicted molar refractivity (Wildman–Crippen MR) is 77.9 cm³/mol. The smallest absolute Gasteiger partial charge is 0.229 e. The van der Waals surface area contributed by atoms with E-state index in [0.29, 0.717) is 11.9 Å². The van der Waals surface area contributed by atoms with Crippen molar-refractivity contribution < 1.29 is 4.79 Å². The summed E-state index contributed by atoms with van der Waals surface area (Å²) in [5.41, 5.74) is -0.0593. The zero-order chi connectivity index (χ0) is 13.0. The summed E-state index contributed by atoms with van der Waals surface area (Å²) < 4.78 is 0. The van der Waals surface area contributed by atoms with Gasteiger partial charge >= 0.3 is 0 Å². The first-order valence-electron chi connectivity index (χ1n) is 7.29. The van der Waals surface area contributed by atoms with E-state index in [4.69, 9.17) is 0 Å². The summed E-state index contributed by atoms with van der Waals surface area (Å²) >= 11 is 1.98. The second-order valence-corrected chi connectivity index (χ2v) is 6.85. The first-order chi connectivity index (χ1) is 8.69. The summed E-state index contributed by atoms with van der Waals surface area (Å²) in [6.07, 6.45) is 4.22. The number of carbonyl (C=O) groups excluding carboxylic acids is 1. The van der Waals surface area contributed by atoms with Gasteiger partial charge in [0.05, 0.1) is 5.41 Å². The number of nitrogens with one attached hydrogen (secondary N) is 1. The molecule has 0 aromatic carbocycles. The molecule has 1 N–H and O–H groups in total. The lowest BCUT2D eigenvalue weighted by Gasteiger charge is -2.43. The topological polar surface area (TPSA) is 32.3 Å². The van der Waals surface area contributed by atoms with E-state index < -0.39 is 0 Å². The molecule has 0 aromatic rings. The molecule has 0 bridgehead atoms. The monoisotopic (exact) mass is 270 g/mol. The molecule has 2 aliphatic heterocycles. The maximum atomic E-state index is 13.0. The summed E-state index contributed by atoms with van der Waals surface area (Å²) in [4.78, 5) is 15.1. The summed E-state index contributed by atoms with van der Waals surface area (Å²) in [5.74, 6) is 2.65. The lowest BCUT2D eigenvalue weighted by Crippen LogP contribution is -2.54. The fourth-order valence-electron chi connectivity index (χ4n) is 3.29. The number of carbonyl (C=O) groups is 1. The molecule has 104 valence electrons. The first-order valence-corrected chi connectivity index (χ1v) is 8.44. The van der Waals surface area contributed by atoms with Crippen molar-refractivity contribution in [2.24, 2.45) is 5.41 Å². The Balaban J connectivity index is 2.11. The molecule has 2 saturated heterocycles. The molecular weight excluding hydrogens is 244 g/mol. The average molecular weight is 270 g/mol. The minimum atomic E-state index is -0.0593. The van der Waals surface area contributed by atoms with Crippen LogP contribution in [-0.2, 0) is 4.79 Å². The Labute approximate surface area is 115 Å². The Morgan fingerprint density at radius 1 is 1.44 bits per heavy atom. The van der Waals surface area contributed by atoms with Gasteiger partial charge in [0.1, 0.15) is 0 Å². The highest BCUT2D eigenvalue weighted by molar-refractivity contribution is 7.99. The van der Waals surface area contributed by atoms with E-state index in [1.807, 2.05) is 11.8 Å². The number of amides is 1. The van der Waals surface area contributed by atoms with Crippen LogP contribution < -0.4 is 5.32 Å². The van der Waals surface area contributed by atoms with Crippen molar-refractivity contribution in [1.29, 1.82) is 0 Å². The summed E-state index contributed by atoms with van der Waals surface area (Å²) in [6, 6.07) is 0.417. The number of hydrogen-bond acceptors (Lipinski definition) is 3. The third-order valence-corrected chi connectivity index (χ3v) is 5.56. The Kier molecular flexibility index (Phi) is 4.96. The SMILES string of the molecule is CCCC1(C(=O)N2CCSCC2C)CCNCC1. The molecule has 2 rings (SSSR count). The van der Waals surface area contributed by atoms with Gasteiger partial charge in [0, 0.05) is 24.1 Å². The van der Waals surface area contributed by atoms with Crippen LogP contribution in [0.3, 0.4) is 0 Å². The normalized spacial score (nSPS) is 28.1. The van der Waals surface area contributed by atoms with Crippen LogP contribution >= 0.6 is 11.8 Å². The molecule has 1 amide bonds. The summed E-state index contributed by atoms with van der Waals surface area (Å²) in [7, 11) is 0. The zero-order valence-electron chi connectivity index (χ0n) is 11.7. The summed E-state index contributed by atoms with van der Waals surface area (Å²) in [5, 5.41) is 3.39. The molecule has 1 unspecified atom stereocenters. The van der Waals surface area contributed by atoms with E-state index in [-0.39, 0.29) is 5.41 Å². The molecule has 0 spiro atoms. The Hall–Kier alpha value is -0.220. The minimum absolute atomic E-state index is 0.0593. The maximum Gasteiger partial charge on any atom is 0.229 e. The van der Waals surface area contributed by atoms with Crippen LogP contribution in [0.15, 0.2) is 0 Å². The van der Waals surface area contributed by atoms with E-state index in [1.54, 1.807) is 0 Å². The first kappa shape index (κ1) is 14.2. The minimum Gasteiger partial charge on any atom is -0.338 e. The molecule has 0 radical (unpaired) electrons. The van der Waals surface area contributed by atoms with E-state index in [1.165, 1.54) is 0 Å². The lowest BCUT2D eigenvalue weighted by molar-refractivity contribution is -0.146. The lowest BCUT2D eigenvalue weighted by atomic mass is 9.74. The molecule has 4 heteroatoms. The van der Waals surface area contributed by atoms with Crippen molar-refractivity contribution in [3.8, 4) is 0 Å². The van der Waals surface area contributed by atoms with E-state index in [9.17, 15) is 4.79 Å². The highest BCUT2D eigenvalue weighted by Gasteiger charge is 2.42. The van der Waals surface area contributed by atoms with Crippen molar-refractivity contribution in [3.63, 3.8) is 0 Å². The van der Waals surface area contributed by atoms with Gasteiger partial charge < -0.3 is 10.2 Å². The van der Waals surface area contributed by atoms with E-state index >= 15 is 0 Å². The fraction of sp³-hybridized carbons (Fsp3) is 0.929. The largest absolute Gasteiger partial charge is 0.338 e. The Morgan fingerprint density at radius 3 is 2.78 bits per heavy atom. The number of thioether (sulfide) groups is 1. The van der Waals surface area contributed by atoms with Gasteiger partial charge in [-0.2, -0.15) is 11.8 Å². The Morgan fingerprint density at radius 2 is 2.17 bits per heavy atom. The van der Waals surface area contributed by atoms with Crippen molar-refractivity contribution in [2.45, 2.75) is 45.6 Å². The van der Waals surface area contributed by atoms with E-state index in [0.717, 1.165) is 56.8 Å². The van der Waals surface area contributed by atoms with E-state index in [2.05, 4.69) is 24.1 Å². The van der Waals surface area contributed by atoms with Crippen LogP contribution in [0.1, 0.15) is 39.5 Å². The van der Waals surface area contributed by atoms with Crippen molar-refractivity contribution in [2.75, 3.05) is 31.1 Å². The highest BCUT2D eigenvalue weighted by Crippen LogP contribution is 2.37. The summed E-state index contributed by atoms with van der Waals surface area (Å²) in [6.45, 7) is 7.35. The van der Waals surface area contributed by atoms with Crippen LogP contribution in [0.4, 0.5) is 0 Å². The van der Waals surface area contributed by atoms with Crippen LogP contribution in [-0.4, -0.2) is 48.0 Å². The number of nitrogens with zero attached hydrogens (tertiary/aromatic N) is 1. The molecule has 0 aromatic heterocycles. The molecule has 2 fully saturated rings. The molecule has 0 saturated carbocycles. The van der Waals surface area contributed by atoms with Crippen molar-refractivity contribution >= 4 is 17.7 Å². The number of hydrogen-bond donors (Lipinski definition) is 1. The average Bonchev–Trinajstić information content (AvgIpc) is 2.40. The predicted octanol–water partition coefficient (Wildman–Crippen LogP) is 2.12. The van der Waals surface area contributed by atoms with Crippen LogP contribution in [0.25, 0.3) is 0 Å². The Bertz CT molecular complexity index is 284. The third-order valence-electron chi connectivity index (χ3n) is 4.37. The number of rotatable bonds is 3. The van der Waals surface area contributed by atoms with Gasteiger partial charge in [-0.1, -0.05) is 13.3 Å². The quantitative estimate of drug-likeness (QED) is 0.852. The van der Waals surface area contributed by atoms with Gasteiger partial charge in [-0.3, -0.25) is 4.79 Å². The van der Waals surface area contributed by atoms with Crippen molar-refractivity contribution in [3.05, 3.63) is 0 Å². The molecular formula is C14H26N2OS. The van der Waals surface area contributed by atoms with Gasteiger partial charge in [-0.05, 0) is 39.3 Å². The molecule has 2 heterocycles. The molecule has 18 heavy (non-hydrogen) atoms. The molecule has 1 atom stereocenters. The number of piperidine rings is 1. The second-order valence-electron chi connectivity index (χ2n) is 5.70. The van der Waals surface area contributed by atoms with Gasteiger partial charge in [0.25, 0.3) is 0 Å². The molecule has 3 nitrogen and oxygen atoms in total. The fourth-order valence-corrected chi connectivity index (χ4v) is 4.30. The van der Waals surface area contributed by atoms with Gasteiger partial charge in [-0.15, -0.1) is 0 Å². The van der Waals surface area contributed by atoms with Crippen LogP contribution in [0.5, 0.6) is 0 Å². The third kappa shape index (κ3) is 2.85. The second kappa shape index (κ2) is 6.29. The maximum absolute atomic E-state index is 13.0. The van der Waals surface area contributed by atoms with Gasteiger partial charge in [0.2, 0.25) is 5.91 Å². The van der Waals surface area contributed by atoms with Crippen LogP contribution in [0, 0.1) is 5.41 Å². The van der Waals surface area contributed by atoms with Crippen molar-refractivity contribution in [1.82, 2.24) is 10.2 Å². The van der Waals surface area contributed by atoms with Crippen LogP contribution in [0.2, 0.25) is 0 Å². The highest BCUT2D eigenvalue weighted by atomic mass is 32.2. The zero-order valence-corrected chi connectivity index (χ0v) is 12.5. The molecule has 0 aliphatic carbocycles. The standard InChI is InChI=1S/C14H26N2OS/c1-3-4-14(5-7-15-8-6-14)13(17)16-9-10-18-11-12(16)2/h12,15H,3-11H2,1-2H3.